The zero-order valence-corrected chi connectivity index (χ0v) is 20.7. The van der Waals surface area contributed by atoms with Gasteiger partial charge in [-0.2, -0.15) is 4.39 Å². The average molecular weight is 509 g/mol. The minimum absolute atomic E-state index is 0.0620. The Kier molecular flexibility index (Phi) is 7.27. The van der Waals surface area contributed by atoms with Crippen molar-refractivity contribution in [1.29, 1.82) is 0 Å². The molecule has 3 aliphatic rings. The highest BCUT2D eigenvalue weighted by atomic mass is 19.2. The van der Waals surface area contributed by atoms with Gasteiger partial charge in [-0.1, -0.05) is 6.42 Å². The number of nitrogens with zero attached hydrogens (tertiary/aromatic N) is 3. The van der Waals surface area contributed by atoms with Crippen molar-refractivity contribution in [2.45, 2.75) is 38.5 Å². The number of benzene rings is 1. The van der Waals surface area contributed by atoms with Crippen LogP contribution in [0.1, 0.15) is 38.5 Å². The number of halogens is 2. The van der Waals surface area contributed by atoms with Crippen molar-refractivity contribution in [3.8, 4) is 22.9 Å². The maximum Gasteiger partial charge on any atom is 0.228 e. The first-order valence-electron chi connectivity index (χ1n) is 12.6. The molecule has 1 atom stereocenters. The predicted octanol–water partition coefficient (Wildman–Crippen LogP) is 5.15. The summed E-state index contributed by atoms with van der Waals surface area (Å²) in [7, 11) is 1.69. The molecule has 1 aliphatic heterocycles. The molecule has 0 bridgehead atoms. The molecule has 194 valence electrons. The third-order valence-corrected chi connectivity index (χ3v) is 7.04. The molecular formula is C27H30F2N6O2. The summed E-state index contributed by atoms with van der Waals surface area (Å²) in [6.07, 6.45) is 10.1. The zero-order chi connectivity index (χ0) is 25.8. The summed E-state index contributed by atoms with van der Waals surface area (Å²) in [6, 6.07) is 7.61. The highest BCUT2D eigenvalue weighted by molar-refractivity contribution is 5.95. The van der Waals surface area contributed by atoms with Crippen LogP contribution in [-0.4, -0.2) is 41.0 Å². The lowest BCUT2D eigenvalue weighted by molar-refractivity contribution is -0.117. The van der Waals surface area contributed by atoms with Gasteiger partial charge in [0.15, 0.2) is 11.6 Å². The van der Waals surface area contributed by atoms with Crippen LogP contribution in [0, 0.1) is 23.0 Å². The van der Waals surface area contributed by atoms with Gasteiger partial charge in [-0.15, -0.1) is 0 Å². The molecule has 2 aliphatic carbocycles. The molecule has 2 aromatic heterocycles. The molecule has 3 aromatic rings. The second kappa shape index (κ2) is 10.8. The number of carbonyl (C=O) groups is 1. The van der Waals surface area contributed by atoms with Gasteiger partial charge in [-0.3, -0.25) is 4.79 Å². The van der Waals surface area contributed by atoms with Gasteiger partial charge in [0.1, 0.15) is 0 Å². The Bertz CT molecular complexity index is 1270. The molecule has 1 aromatic carbocycles. The van der Waals surface area contributed by atoms with Crippen LogP contribution in [0.2, 0.25) is 0 Å². The summed E-state index contributed by atoms with van der Waals surface area (Å²) in [6.45, 7) is 2.50. The van der Waals surface area contributed by atoms with Crippen LogP contribution in [0.15, 0.2) is 42.7 Å². The number of rotatable bonds is 6. The minimum Gasteiger partial charge on any atom is -0.435 e. The van der Waals surface area contributed by atoms with Crippen molar-refractivity contribution in [2.75, 3.05) is 30.8 Å². The molecule has 1 unspecified atom stereocenters. The number of anilines is 2. The SMILES string of the molecule is C1CCNCC1.CNc1nccc(-c2cccnc2Oc2ccc(NC(=O)C3CC34CC4)c(F)c2F)n1. The van der Waals surface area contributed by atoms with E-state index in [1.807, 2.05) is 0 Å². The van der Waals surface area contributed by atoms with Crippen LogP contribution >= 0.6 is 0 Å². The van der Waals surface area contributed by atoms with E-state index in [9.17, 15) is 13.6 Å². The van der Waals surface area contributed by atoms with Crippen LogP contribution in [-0.2, 0) is 4.79 Å². The van der Waals surface area contributed by atoms with Gasteiger partial charge in [0, 0.05) is 25.4 Å². The fourth-order valence-electron chi connectivity index (χ4n) is 4.56. The molecule has 37 heavy (non-hydrogen) atoms. The third-order valence-electron chi connectivity index (χ3n) is 7.04. The number of hydrogen-bond acceptors (Lipinski definition) is 7. The lowest BCUT2D eigenvalue weighted by atomic mass is 10.2. The number of hydrogen-bond donors (Lipinski definition) is 3. The first-order valence-corrected chi connectivity index (χ1v) is 12.6. The van der Waals surface area contributed by atoms with Gasteiger partial charge >= 0.3 is 0 Å². The Morgan fingerprint density at radius 2 is 1.86 bits per heavy atom. The standard InChI is InChI=1S/C22H19F2N5O2.C5H11N/c1-25-21-27-10-6-14(29-21)12-3-2-9-26-20(12)31-16-5-4-15(17(23)18(16)24)28-19(30)13-11-22(13)7-8-22;1-2-4-6-5-3-1/h2-6,9-10,13H,7-8,11H2,1H3,(H,28,30)(H,25,27,29);6H,1-5H2. The minimum atomic E-state index is -1.20. The van der Waals surface area contributed by atoms with Crippen molar-refractivity contribution < 1.29 is 18.3 Å². The predicted molar refractivity (Wildman–Crippen MR) is 136 cm³/mol. The number of piperidine rings is 1. The quantitative estimate of drug-likeness (QED) is 0.423. The maximum atomic E-state index is 14.7. The van der Waals surface area contributed by atoms with E-state index >= 15 is 0 Å². The molecule has 0 radical (unpaired) electrons. The van der Waals surface area contributed by atoms with Gasteiger partial charge in [0.2, 0.25) is 23.6 Å². The van der Waals surface area contributed by atoms with Gasteiger partial charge in [-0.25, -0.2) is 19.3 Å². The fraction of sp³-hybridized carbons (Fsp3) is 0.407. The Labute approximate surface area is 214 Å². The van der Waals surface area contributed by atoms with E-state index in [4.69, 9.17) is 4.74 Å². The number of nitrogens with one attached hydrogen (secondary N) is 3. The molecule has 10 heteroatoms. The summed E-state index contributed by atoms with van der Waals surface area (Å²) in [5.74, 6) is -2.63. The number of aromatic nitrogens is 3. The molecule has 3 fully saturated rings. The van der Waals surface area contributed by atoms with Crippen LogP contribution < -0.4 is 20.7 Å². The highest BCUT2D eigenvalue weighted by Gasteiger charge is 2.65. The van der Waals surface area contributed by atoms with Gasteiger partial charge in [0.05, 0.1) is 16.9 Å². The second-order valence-electron chi connectivity index (χ2n) is 9.63. The van der Waals surface area contributed by atoms with Crippen molar-refractivity contribution in [3.63, 3.8) is 0 Å². The van der Waals surface area contributed by atoms with Gasteiger partial charge < -0.3 is 20.7 Å². The van der Waals surface area contributed by atoms with E-state index in [0.29, 0.717) is 17.2 Å². The Morgan fingerprint density at radius 1 is 1.05 bits per heavy atom. The number of amides is 1. The van der Waals surface area contributed by atoms with E-state index in [1.165, 1.54) is 50.7 Å². The molecule has 2 saturated carbocycles. The van der Waals surface area contributed by atoms with Crippen molar-refractivity contribution in [2.24, 2.45) is 11.3 Å². The van der Waals surface area contributed by atoms with E-state index < -0.39 is 11.6 Å². The summed E-state index contributed by atoms with van der Waals surface area (Å²) < 4.78 is 34.9. The number of pyridine rings is 1. The van der Waals surface area contributed by atoms with Crippen molar-refractivity contribution in [1.82, 2.24) is 20.3 Å². The third kappa shape index (κ3) is 5.69. The highest BCUT2D eigenvalue weighted by Crippen LogP contribution is 2.70. The fourth-order valence-corrected chi connectivity index (χ4v) is 4.56. The van der Waals surface area contributed by atoms with Crippen molar-refractivity contribution in [3.05, 3.63) is 54.4 Å². The topological polar surface area (TPSA) is 101 Å². The lowest BCUT2D eigenvalue weighted by Crippen LogP contribution is -2.21. The number of ether oxygens (including phenoxy) is 1. The molecule has 1 spiro atoms. The van der Waals surface area contributed by atoms with E-state index in [-0.39, 0.29) is 34.6 Å². The summed E-state index contributed by atoms with van der Waals surface area (Å²) in [4.78, 5) is 24.8. The monoisotopic (exact) mass is 508 g/mol. The summed E-state index contributed by atoms with van der Waals surface area (Å²) >= 11 is 0. The van der Waals surface area contributed by atoms with Crippen molar-refractivity contribution >= 4 is 17.5 Å². The zero-order valence-electron chi connectivity index (χ0n) is 20.7. The summed E-state index contributed by atoms with van der Waals surface area (Å²) in [5, 5.41) is 8.62. The maximum absolute atomic E-state index is 14.7. The van der Waals surface area contributed by atoms with Crippen LogP contribution in [0.5, 0.6) is 11.6 Å². The van der Waals surface area contributed by atoms with Gasteiger partial charge in [0.25, 0.3) is 0 Å². The first-order chi connectivity index (χ1) is 18.0. The van der Waals surface area contributed by atoms with E-state index in [0.717, 1.165) is 19.3 Å². The Balaban J connectivity index is 0.000000412. The van der Waals surface area contributed by atoms with E-state index in [2.05, 4.69) is 30.9 Å². The van der Waals surface area contributed by atoms with Crippen LogP contribution in [0.25, 0.3) is 11.3 Å². The molecule has 3 heterocycles. The summed E-state index contributed by atoms with van der Waals surface area (Å²) in [5.41, 5.74) is 0.923. The average Bonchev–Trinajstić information content (AvgIpc) is 3.88. The second-order valence-corrected chi connectivity index (χ2v) is 9.63. The van der Waals surface area contributed by atoms with Crippen LogP contribution in [0.4, 0.5) is 20.4 Å². The smallest absolute Gasteiger partial charge is 0.228 e. The first kappa shape index (κ1) is 25.0. The Morgan fingerprint density at radius 3 is 2.51 bits per heavy atom. The largest absolute Gasteiger partial charge is 0.435 e. The molecular weight excluding hydrogens is 478 g/mol. The molecule has 3 N–H and O–H groups in total. The van der Waals surface area contributed by atoms with Gasteiger partial charge in [-0.05, 0) is 80.9 Å². The lowest BCUT2D eigenvalue weighted by Gasteiger charge is -2.13. The Hall–Kier alpha value is -3.66. The molecule has 8 nitrogen and oxygen atoms in total. The van der Waals surface area contributed by atoms with E-state index in [1.54, 1.807) is 31.4 Å². The molecule has 1 amide bonds. The molecule has 6 rings (SSSR count). The normalized spacial score (nSPS) is 18.8. The van der Waals surface area contributed by atoms with Crippen LogP contribution in [0.3, 0.4) is 0 Å². The molecule has 1 saturated heterocycles. The number of carbonyl (C=O) groups excluding carboxylic acids is 1.